The van der Waals surface area contributed by atoms with Crippen LogP contribution in [0.2, 0.25) is 0 Å². The van der Waals surface area contributed by atoms with E-state index in [1.54, 1.807) is 7.11 Å². The first kappa shape index (κ1) is 17.3. The largest absolute Gasteiger partial charge is 0.496 e. The van der Waals surface area contributed by atoms with Crippen molar-refractivity contribution < 1.29 is 4.74 Å². The van der Waals surface area contributed by atoms with Gasteiger partial charge in [-0.15, -0.1) is 12.4 Å². The molecule has 2 aromatic rings. The summed E-state index contributed by atoms with van der Waals surface area (Å²) < 4.78 is 6.76. The Morgan fingerprint density at radius 1 is 1.05 bits per heavy atom. The van der Waals surface area contributed by atoms with Gasteiger partial charge < -0.3 is 10.1 Å². The normalized spacial score (nSPS) is 16.6. The molecule has 2 nitrogen and oxygen atoms in total. The molecule has 0 atom stereocenters. The molecule has 1 heterocycles. The van der Waals surface area contributed by atoms with Crippen LogP contribution in [-0.2, 0) is 5.41 Å². The van der Waals surface area contributed by atoms with Crippen molar-refractivity contribution in [3.05, 3.63) is 64.1 Å². The lowest BCUT2D eigenvalue weighted by Crippen LogP contribution is -2.41. The maximum Gasteiger partial charge on any atom is 0.123 e. The summed E-state index contributed by atoms with van der Waals surface area (Å²) in [5.74, 6) is 0.976. The zero-order valence-corrected chi connectivity index (χ0v) is 15.0. The molecule has 0 aliphatic carbocycles. The summed E-state index contributed by atoms with van der Waals surface area (Å²) in [6, 6.07) is 17.1. The van der Waals surface area contributed by atoms with Crippen molar-refractivity contribution in [2.24, 2.45) is 0 Å². The van der Waals surface area contributed by atoms with Gasteiger partial charge in [0, 0.05) is 15.5 Å². The van der Waals surface area contributed by atoms with Crippen LogP contribution < -0.4 is 10.1 Å². The lowest BCUT2D eigenvalue weighted by molar-refractivity contribution is 0.338. The summed E-state index contributed by atoms with van der Waals surface area (Å²) in [6.07, 6.45) is 2.17. The van der Waals surface area contributed by atoms with E-state index < -0.39 is 0 Å². The molecule has 4 heteroatoms. The first-order valence-corrected chi connectivity index (χ1v) is 8.16. The maximum absolute atomic E-state index is 5.66. The van der Waals surface area contributed by atoms with Gasteiger partial charge in [-0.1, -0.05) is 46.3 Å². The van der Waals surface area contributed by atoms with E-state index in [2.05, 4.69) is 63.7 Å². The van der Waals surface area contributed by atoms with Crippen LogP contribution in [-0.4, -0.2) is 20.2 Å². The third-order valence-electron chi connectivity index (χ3n) is 4.46. The second-order valence-electron chi connectivity index (χ2n) is 5.54. The average molecular weight is 383 g/mol. The zero-order valence-electron chi connectivity index (χ0n) is 12.6. The van der Waals surface area contributed by atoms with E-state index in [0.29, 0.717) is 0 Å². The molecule has 1 aliphatic rings. The predicted octanol–water partition coefficient (Wildman–Crippen LogP) is 4.55. The Morgan fingerprint density at radius 2 is 1.73 bits per heavy atom. The molecule has 2 aromatic carbocycles. The summed E-state index contributed by atoms with van der Waals surface area (Å²) in [5, 5.41) is 3.48. The van der Waals surface area contributed by atoms with Crippen LogP contribution in [0.3, 0.4) is 0 Å². The average Bonchev–Trinajstić information content (AvgIpc) is 2.56. The van der Waals surface area contributed by atoms with E-state index in [1.807, 2.05) is 6.07 Å². The number of ether oxygens (including phenoxy) is 1. The van der Waals surface area contributed by atoms with E-state index in [-0.39, 0.29) is 17.8 Å². The first-order valence-electron chi connectivity index (χ1n) is 7.36. The van der Waals surface area contributed by atoms with E-state index in [0.717, 1.165) is 36.2 Å². The molecule has 22 heavy (non-hydrogen) atoms. The van der Waals surface area contributed by atoms with E-state index in [1.165, 1.54) is 11.1 Å². The lowest BCUT2D eigenvalue weighted by atomic mass is 9.68. The van der Waals surface area contributed by atoms with Gasteiger partial charge in [0.05, 0.1) is 7.11 Å². The van der Waals surface area contributed by atoms with Gasteiger partial charge in [0.2, 0.25) is 0 Å². The Balaban J connectivity index is 0.00000176. The van der Waals surface area contributed by atoms with Crippen LogP contribution in [0.4, 0.5) is 0 Å². The van der Waals surface area contributed by atoms with Crippen molar-refractivity contribution in [1.29, 1.82) is 0 Å². The van der Waals surface area contributed by atoms with E-state index in [4.69, 9.17) is 4.74 Å². The van der Waals surface area contributed by atoms with Gasteiger partial charge >= 0.3 is 0 Å². The van der Waals surface area contributed by atoms with Gasteiger partial charge in [0.25, 0.3) is 0 Å². The molecule has 0 radical (unpaired) electrons. The smallest absolute Gasteiger partial charge is 0.123 e. The van der Waals surface area contributed by atoms with Crippen LogP contribution in [0.15, 0.2) is 53.0 Å². The number of hydrogen-bond donors (Lipinski definition) is 1. The van der Waals surface area contributed by atoms with Crippen LogP contribution in [0.1, 0.15) is 24.0 Å². The number of benzene rings is 2. The number of halogens is 2. The molecule has 1 N–H and O–H groups in total. The van der Waals surface area contributed by atoms with Gasteiger partial charge in [-0.05, 0) is 49.7 Å². The van der Waals surface area contributed by atoms with Gasteiger partial charge in [-0.2, -0.15) is 0 Å². The molecule has 0 aromatic heterocycles. The molecule has 0 saturated carbocycles. The Morgan fingerprint density at radius 3 is 2.36 bits per heavy atom. The minimum atomic E-state index is 0. The van der Waals surface area contributed by atoms with Crippen molar-refractivity contribution in [3.63, 3.8) is 0 Å². The number of methoxy groups -OCH3 is 1. The molecule has 0 spiro atoms. The minimum absolute atomic E-state index is 0. The fourth-order valence-electron chi connectivity index (χ4n) is 3.38. The molecule has 1 saturated heterocycles. The summed E-state index contributed by atoms with van der Waals surface area (Å²) in [7, 11) is 1.76. The number of piperidine rings is 1. The first-order chi connectivity index (χ1) is 10.3. The van der Waals surface area contributed by atoms with Crippen molar-refractivity contribution in [2.75, 3.05) is 20.2 Å². The van der Waals surface area contributed by atoms with Crippen LogP contribution in [0.5, 0.6) is 5.75 Å². The quantitative estimate of drug-likeness (QED) is 0.841. The monoisotopic (exact) mass is 381 g/mol. The Bertz CT molecular complexity index is 612. The van der Waals surface area contributed by atoms with Gasteiger partial charge in [-0.3, -0.25) is 0 Å². The second-order valence-corrected chi connectivity index (χ2v) is 6.46. The lowest BCUT2D eigenvalue weighted by Gasteiger charge is -2.39. The second kappa shape index (κ2) is 7.49. The number of hydrogen-bond acceptors (Lipinski definition) is 2. The zero-order chi connectivity index (χ0) is 14.7. The van der Waals surface area contributed by atoms with Crippen LogP contribution in [0, 0.1) is 0 Å². The highest BCUT2D eigenvalue weighted by Gasteiger charge is 2.37. The molecular formula is C18H21BrClNO. The molecule has 1 fully saturated rings. The Hall–Kier alpha value is -1.03. The molecule has 1 aliphatic heterocycles. The Kier molecular flexibility index (Phi) is 5.90. The molecule has 118 valence electrons. The molecular weight excluding hydrogens is 362 g/mol. The van der Waals surface area contributed by atoms with Crippen molar-refractivity contribution in [3.8, 4) is 5.75 Å². The van der Waals surface area contributed by atoms with Crippen molar-refractivity contribution >= 4 is 28.3 Å². The fraction of sp³-hybridized carbons (Fsp3) is 0.333. The predicted molar refractivity (Wildman–Crippen MR) is 97.3 cm³/mol. The van der Waals surface area contributed by atoms with Gasteiger partial charge in [0.15, 0.2) is 0 Å². The highest BCUT2D eigenvalue weighted by molar-refractivity contribution is 9.10. The standard InChI is InChI=1S/C18H20BrNO.ClH/c1-21-17-8-7-15(19)13-16(17)18(9-11-20-12-10-18)14-5-3-2-4-6-14;/h2-8,13,20H,9-12H2,1H3;1H. The third kappa shape index (κ3) is 3.17. The van der Waals surface area contributed by atoms with Crippen LogP contribution in [0.25, 0.3) is 0 Å². The topological polar surface area (TPSA) is 21.3 Å². The molecule has 0 unspecified atom stereocenters. The summed E-state index contributed by atoms with van der Waals surface area (Å²) in [4.78, 5) is 0. The minimum Gasteiger partial charge on any atom is -0.496 e. The highest BCUT2D eigenvalue weighted by Crippen LogP contribution is 2.44. The number of rotatable bonds is 3. The van der Waals surface area contributed by atoms with Crippen molar-refractivity contribution in [2.45, 2.75) is 18.3 Å². The van der Waals surface area contributed by atoms with Crippen LogP contribution >= 0.6 is 28.3 Å². The van der Waals surface area contributed by atoms with E-state index in [9.17, 15) is 0 Å². The molecule has 0 bridgehead atoms. The molecule has 0 amide bonds. The van der Waals surface area contributed by atoms with E-state index >= 15 is 0 Å². The van der Waals surface area contributed by atoms with Gasteiger partial charge in [0.1, 0.15) is 5.75 Å². The van der Waals surface area contributed by atoms with Crippen molar-refractivity contribution in [1.82, 2.24) is 5.32 Å². The summed E-state index contributed by atoms with van der Waals surface area (Å²) in [5.41, 5.74) is 2.69. The SMILES string of the molecule is COc1ccc(Br)cc1C1(c2ccccc2)CCNCC1.Cl. The highest BCUT2D eigenvalue weighted by atomic mass is 79.9. The maximum atomic E-state index is 5.66. The fourth-order valence-corrected chi connectivity index (χ4v) is 3.74. The third-order valence-corrected chi connectivity index (χ3v) is 4.95. The summed E-state index contributed by atoms with van der Waals surface area (Å²) >= 11 is 3.62. The molecule has 3 rings (SSSR count). The van der Waals surface area contributed by atoms with Gasteiger partial charge in [-0.25, -0.2) is 0 Å². The Labute approximate surface area is 146 Å². The number of nitrogens with one attached hydrogen (secondary N) is 1. The summed E-state index contributed by atoms with van der Waals surface area (Å²) in [6.45, 7) is 2.06.